The molecular weight excluding hydrogens is 182 g/mol. The van der Waals surface area contributed by atoms with Gasteiger partial charge in [0, 0.05) is 6.07 Å². The molecule has 0 spiro atoms. The van der Waals surface area contributed by atoms with Crippen molar-refractivity contribution < 1.29 is 9.66 Å². The third-order valence-corrected chi connectivity index (χ3v) is 2.19. The van der Waals surface area contributed by atoms with Gasteiger partial charge in [0.2, 0.25) is 0 Å². The zero-order valence-electron chi connectivity index (χ0n) is 7.68. The second kappa shape index (κ2) is 3.75. The summed E-state index contributed by atoms with van der Waals surface area (Å²) in [5.41, 5.74) is 0.803. The van der Waals surface area contributed by atoms with E-state index in [4.69, 9.17) is 4.74 Å². The van der Waals surface area contributed by atoms with Gasteiger partial charge in [-0.25, -0.2) is 0 Å². The van der Waals surface area contributed by atoms with E-state index in [9.17, 15) is 10.1 Å². The molecule has 0 heterocycles. The van der Waals surface area contributed by atoms with E-state index in [0.29, 0.717) is 18.3 Å². The highest BCUT2D eigenvalue weighted by Gasteiger charge is 2.23. The highest BCUT2D eigenvalue weighted by molar-refractivity contribution is 5.39. The van der Waals surface area contributed by atoms with E-state index in [1.54, 1.807) is 18.2 Å². The van der Waals surface area contributed by atoms with Gasteiger partial charge in [0.15, 0.2) is 0 Å². The van der Waals surface area contributed by atoms with Gasteiger partial charge in [0.05, 0.1) is 23.2 Å². The highest BCUT2D eigenvalue weighted by Crippen LogP contribution is 2.26. The SMILES string of the molecule is O=[N+]([O-])c1ccccc1COC1CC1. The minimum absolute atomic E-state index is 0.146. The number of rotatable bonds is 4. The summed E-state index contributed by atoms with van der Waals surface area (Å²) in [4.78, 5) is 10.3. The Morgan fingerprint density at radius 1 is 1.43 bits per heavy atom. The van der Waals surface area contributed by atoms with Gasteiger partial charge in [-0.1, -0.05) is 12.1 Å². The Bertz CT molecular complexity index is 347. The van der Waals surface area contributed by atoms with Gasteiger partial charge in [0.1, 0.15) is 0 Å². The summed E-state index contributed by atoms with van der Waals surface area (Å²) in [6.07, 6.45) is 2.50. The molecule has 0 saturated heterocycles. The predicted molar refractivity (Wildman–Crippen MR) is 50.9 cm³/mol. The van der Waals surface area contributed by atoms with E-state index >= 15 is 0 Å². The normalized spacial score (nSPS) is 15.4. The summed E-state index contributed by atoms with van der Waals surface area (Å²) in [5.74, 6) is 0. The zero-order chi connectivity index (χ0) is 9.97. The molecule has 1 aliphatic rings. The van der Waals surface area contributed by atoms with E-state index < -0.39 is 0 Å². The molecule has 0 N–H and O–H groups in total. The first kappa shape index (κ1) is 9.15. The number of hydrogen-bond donors (Lipinski definition) is 0. The van der Waals surface area contributed by atoms with Crippen LogP contribution in [0.2, 0.25) is 0 Å². The van der Waals surface area contributed by atoms with Crippen molar-refractivity contribution in [2.75, 3.05) is 0 Å². The Kier molecular flexibility index (Phi) is 2.45. The van der Waals surface area contributed by atoms with Gasteiger partial charge in [-0.05, 0) is 18.9 Å². The third kappa shape index (κ3) is 2.09. The van der Waals surface area contributed by atoms with Crippen LogP contribution in [0.4, 0.5) is 5.69 Å². The van der Waals surface area contributed by atoms with Crippen LogP contribution in [0, 0.1) is 10.1 Å². The largest absolute Gasteiger partial charge is 0.373 e. The molecule has 1 fully saturated rings. The Balaban J connectivity index is 2.09. The average molecular weight is 193 g/mol. The highest BCUT2D eigenvalue weighted by atomic mass is 16.6. The summed E-state index contributed by atoms with van der Waals surface area (Å²) in [7, 11) is 0. The molecule has 0 radical (unpaired) electrons. The van der Waals surface area contributed by atoms with Crippen LogP contribution in [0.3, 0.4) is 0 Å². The standard InChI is InChI=1S/C10H11NO3/c12-11(13)10-4-2-1-3-8(10)7-14-9-5-6-9/h1-4,9H,5-7H2. The first-order chi connectivity index (χ1) is 6.77. The van der Waals surface area contributed by atoms with Crippen LogP contribution in [0.25, 0.3) is 0 Å². The first-order valence-corrected chi connectivity index (χ1v) is 4.61. The number of nitro benzene ring substituents is 1. The molecule has 14 heavy (non-hydrogen) atoms. The van der Waals surface area contributed by atoms with Gasteiger partial charge in [0.25, 0.3) is 5.69 Å². The van der Waals surface area contributed by atoms with Gasteiger partial charge >= 0.3 is 0 Å². The fourth-order valence-electron chi connectivity index (χ4n) is 1.25. The molecular formula is C10H11NO3. The minimum Gasteiger partial charge on any atom is -0.373 e. The number of nitrogens with zero attached hydrogens (tertiary/aromatic N) is 1. The van der Waals surface area contributed by atoms with Crippen molar-refractivity contribution in [2.24, 2.45) is 0 Å². The van der Waals surface area contributed by atoms with Crippen molar-refractivity contribution in [3.63, 3.8) is 0 Å². The van der Waals surface area contributed by atoms with Crippen molar-refractivity contribution >= 4 is 5.69 Å². The van der Waals surface area contributed by atoms with E-state index in [0.717, 1.165) is 12.8 Å². The predicted octanol–water partition coefficient (Wildman–Crippen LogP) is 2.27. The molecule has 0 atom stereocenters. The maximum atomic E-state index is 10.6. The Labute approximate surface area is 81.7 Å². The monoisotopic (exact) mass is 193 g/mol. The van der Waals surface area contributed by atoms with Gasteiger partial charge in [-0.3, -0.25) is 10.1 Å². The Morgan fingerprint density at radius 2 is 2.14 bits per heavy atom. The fourth-order valence-corrected chi connectivity index (χ4v) is 1.25. The lowest BCUT2D eigenvalue weighted by molar-refractivity contribution is -0.386. The second-order valence-electron chi connectivity index (χ2n) is 3.40. The molecule has 0 aromatic heterocycles. The smallest absolute Gasteiger partial charge is 0.274 e. The summed E-state index contributed by atoms with van der Waals surface area (Å²) >= 11 is 0. The summed E-state index contributed by atoms with van der Waals surface area (Å²) < 4.78 is 5.43. The van der Waals surface area contributed by atoms with Crippen LogP contribution >= 0.6 is 0 Å². The summed E-state index contributed by atoms with van der Waals surface area (Å²) in [5, 5.41) is 10.6. The van der Waals surface area contributed by atoms with Crippen molar-refractivity contribution in [1.82, 2.24) is 0 Å². The van der Waals surface area contributed by atoms with Crippen molar-refractivity contribution in [2.45, 2.75) is 25.6 Å². The van der Waals surface area contributed by atoms with Gasteiger partial charge in [-0.2, -0.15) is 0 Å². The Hall–Kier alpha value is -1.42. The molecule has 74 valence electrons. The van der Waals surface area contributed by atoms with Crippen molar-refractivity contribution in [3.8, 4) is 0 Å². The number of nitro groups is 1. The molecule has 1 saturated carbocycles. The fraction of sp³-hybridized carbons (Fsp3) is 0.400. The van der Waals surface area contributed by atoms with E-state index in [1.807, 2.05) is 0 Å². The summed E-state index contributed by atoms with van der Waals surface area (Å²) in [6, 6.07) is 6.70. The zero-order valence-corrected chi connectivity index (χ0v) is 7.68. The third-order valence-electron chi connectivity index (χ3n) is 2.19. The molecule has 2 rings (SSSR count). The molecule has 0 bridgehead atoms. The molecule has 0 unspecified atom stereocenters. The number of ether oxygens (including phenoxy) is 1. The number of hydrogen-bond acceptors (Lipinski definition) is 3. The maximum absolute atomic E-state index is 10.6. The van der Waals surface area contributed by atoms with E-state index in [-0.39, 0.29) is 10.6 Å². The summed E-state index contributed by atoms with van der Waals surface area (Å²) in [6.45, 7) is 0.349. The molecule has 1 aliphatic carbocycles. The van der Waals surface area contributed by atoms with Crippen molar-refractivity contribution in [1.29, 1.82) is 0 Å². The second-order valence-corrected chi connectivity index (χ2v) is 3.40. The van der Waals surface area contributed by atoms with E-state index in [1.165, 1.54) is 6.07 Å². The first-order valence-electron chi connectivity index (χ1n) is 4.61. The number of benzene rings is 1. The number of para-hydroxylation sites is 1. The van der Waals surface area contributed by atoms with E-state index in [2.05, 4.69) is 0 Å². The molecule has 1 aromatic rings. The van der Waals surface area contributed by atoms with Crippen LogP contribution in [-0.4, -0.2) is 11.0 Å². The van der Waals surface area contributed by atoms with Crippen LogP contribution in [0.1, 0.15) is 18.4 Å². The van der Waals surface area contributed by atoms with Gasteiger partial charge in [-0.15, -0.1) is 0 Å². The topological polar surface area (TPSA) is 52.4 Å². The van der Waals surface area contributed by atoms with Crippen LogP contribution in [-0.2, 0) is 11.3 Å². The van der Waals surface area contributed by atoms with Crippen LogP contribution < -0.4 is 0 Å². The quantitative estimate of drug-likeness (QED) is 0.544. The molecule has 1 aromatic carbocycles. The van der Waals surface area contributed by atoms with Crippen LogP contribution in [0.15, 0.2) is 24.3 Å². The van der Waals surface area contributed by atoms with Gasteiger partial charge < -0.3 is 4.74 Å². The lowest BCUT2D eigenvalue weighted by Gasteiger charge is -2.02. The maximum Gasteiger partial charge on any atom is 0.274 e. The molecule has 4 heteroatoms. The molecule has 4 nitrogen and oxygen atoms in total. The lowest BCUT2D eigenvalue weighted by Crippen LogP contribution is -1.99. The minimum atomic E-state index is -0.369. The van der Waals surface area contributed by atoms with Crippen LogP contribution in [0.5, 0.6) is 0 Å². The lowest BCUT2D eigenvalue weighted by atomic mass is 10.2. The Morgan fingerprint density at radius 3 is 2.79 bits per heavy atom. The molecule has 0 aliphatic heterocycles. The average Bonchev–Trinajstić information content (AvgIpc) is 2.98. The molecule has 0 amide bonds. The van der Waals surface area contributed by atoms with Crippen molar-refractivity contribution in [3.05, 3.63) is 39.9 Å².